The van der Waals surface area contributed by atoms with Gasteiger partial charge in [-0.1, -0.05) is 0 Å². The first kappa shape index (κ1) is 15.3. The Kier molecular flexibility index (Phi) is 4.66. The van der Waals surface area contributed by atoms with Gasteiger partial charge in [0, 0.05) is 19.2 Å². The summed E-state index contributed by atoms with van der Waals surface area (Å²) in [5, 5.41) is 0. The van der Waals surface area contributed by atoms with Gasteiger partial charge in [0.05, 0.1) is 6.10 Å². The summed E-state index contributed by atoms with van der Waals surface area (Å²) < 4.78 is 70.2. The molecule has 112 valence electrons. The van der Waals surface area contributed by atoms with Gasteiger partial charge in [-0.2, -0.15) is 0 Å². The first-order valence-corrected chi connectivity index (χ1v) is 7.64. The average Bonchev–Trinajstić information content (AvgIpc) is 2.86. The van der Waals surface area contributed by atoms with E-state index in [0.717, 1.165) is 12.8 Å². The van der Waals surface area contributed by atoms with Gasteiger partial charge in [-0.3, -0.25) is 0 Å². The number of hydrogen-bond donors (Lipinski definition) is 1. The van der Waals surface area contributed by atoms with Gasteiger partial charge in [-0.05, 0) is 25.3 Å². The van der Waals surface area contributed by atoms with E-state index in [2.05, 4.69) is 4.72 Å². The third kappa shape index (κ3) is 3.50. The Hall–Kier alpha value is -1.12. The highest BCUT2D eigenvalue weighted by Crippen LogP contribution is 2.19. The smallest absolute Gasteiger partial charge is 0.243 e. The van der Waals surface area contributed by atoms with Gasteiger partial charge in [0.15, 0.2) is 11.6 Å². The van der Waals surface area contributed by atoms with Crippen molar-refractivity contribution in [3.63, 3.8) is 0 Å². The Morgan fingerprint density at radius 2 is 1.90 bits per heavy atom. The maximum Gasteiger partial charge on any atom is 0.243 e. The van der Waals surface area contributed by atoms with Crippen LogP contribution in [0.3, 0.4) is 0 Å². The molecular weight excluding hydrogens is 295 g/mol. The lowest BCUT2D eigenvalue weighted by Gasteiger charge is -2.11. The summed E-state index contributed by atoms with van der Waals surface area (Å²) in [6.07, 6.45) is 2.20. The average molecular weight is 309 g/mol. The molecule has 0 radical (unpaired) electrons. The van der Waals surface area contributed by atoms with Crippen LogP contribution in [-0.4, -0.2) is 27.7 Å². The Bertz CT molecular complexity index is 586. The van der Waals surface area contributed by atoms with Crippen molar-refractivity contribution in [3.8, 4) is 0 Å². The van der Waals surface area contributed by atoms with Gasteiger partial charge in [0.25, 0.3) is 0 Å². The molecule has 1 fully saturated rings. The van der Waals surface area contributed by atoms with E-state index in [4.69, 9.17) is 4.74 Å². The summed E-state index contributed by atoms with van der Waals surface area (Å²) in [4.78, 5) is -0.899. The topological polar surface area (TPSA) is 55.4 Å². The van der Waals surface area contributed by atoms with Gasteiger partial charge >= 0.3 is 0 Å². The zero-order valence-corrected chi connectivity index (χ0v) is 11.4. The molecule has 1 N–H and O–H groups in total. The van der Waals surface area contributed by atoms with E-state index in [-0.39, 0.29) is 18.7 Å². The molecular formula is C12H14F3NO3S. The lowest BCUT2D eigenvalue weighted by atomic mass is 10.2. The third-order valence-electron chi connectivity index (χ3n) is 3.05. The van der Waals surface area contributed by atoms with Crippen LogP contribution in [0.5, 0.6) is 0 Å². The van der Waals surface area contributed by atoms with Crippen LogP contribution < -0.4 is 4.72 Å². The summed E-state index contributed by atoms with van der Waals surface area (Å²) in [6, 6.07) is 0.545. The van der Waals surface area contributed by atoms with E-state index >= 15 is 0 Å². The van der Waals surface area contributed by atoms with Crippen molar-refractivity contribution in [2.24, 2.45) is 0 Å². The maximum atomic E-state index is 13.4. The highest BCUT2D eigenvalue weighted by Gasteiger charge is 2.23. The fourth-order valence-corrected chi connectivity index (χ4v) is 3.13. The number of rotatable bonds is 5. The lowest BCUT2D eigenvalue weighted by molar-refractivity contribution is 0.105. The van der Waals surface area contributed by atoms with Crippen molar-refractivity contribution in [2.45, 2.75) is 30.3 Å². The van der Waals surface area contributed by atoms with Crippen molar-refractivity contribution in [3.05, 3.63) is 29.6 Å². The predicted octanol–water partition coefficient (Wildman–Crippen LogP) is 1.95. The van der Waals surface area contributed by atoms with Gasteiger partial charge in [0.1, 0.15) is 10.7 Å². The second-order valence-electron chi connectivity index (χ2n) is 4.52. The van der Waals surface area contributed by atoms with Crippen LogP contribution in [0.4, 0.5) is 13.2 Å². The number of hydrogen-bond acceptors (Lipinski definition) is 3. The molecule has 2 rings (SSSR count). The van der Waals surface area contributed by atoms with Gasteiger partial charge in [-0.15, -0.1) is 0 Å². The minimum Gasteiger partial charge on any atom is -0.378 e. The molecule has 0 unspecified atom stereocenters. The van der Waals surface area contributed by atoms with Crippen LogP contribution in [0.2, 0.25) is 0 Å². The highest BCUT2D eigenvalue weighted by atomic mass is 32.2. The molecule has 0 saturated carbocycles. The quantitative estimate of drug-likeness (QED) is 0.846. The lowest BCUT2D eigenvalue weighted by Crippen LogP contribution is -2.28. The first-order chi connectivity index (χ1) is 9.40. The Morgan fingerprint density at radius 1 is 1.20 bits per heavy atom. The van der Waals surface area contributed by atoms with Crippen LogP contribution >= 0.6 is 0 Å². The minimum absolute atomic E-state index is 0.0208. The van der Waals surface area contributed by atoms with Crippen LogP contribution in [0.1, 0.15) is 19.3 Å². The van der Waals surface area contributed by atoms with Crippen molar-refractivity contribution < 1.29 is 26.3 Å². The van der Waals surface area contributed by atoms with E-state index in [0.29, 0.717) is 19.1 Å². The second-order valence-corrected chi connectivity index (χ2v) is 6.25. The van der Waals surface area contributed by atoms with Crippen LogP contribution in [0.15, 0.2) is 17.0 Å². The Morgan fingerprint density at radius 3 is 2.55 bits per heavy atom. The van der Waals surface area contributed by atoms with E-state index in [1.807, 2.05) is 0 Å². The fourth-order valence-electron chi connectivity index (χ4n) is 2.01. The fraction of sp³-hybridized carbons (Fsp3) is 0.500. The SMILES string of the molecule is O=S(=O)(NCC[C@H]1CCCO1)c1cc(F)c(F)cc1F. The molecule has 4 nitrogen and oxygen atoms in total. The molecule has 1 atom stereocenters. The second kappa shape index (κ2) is 6.11. The standard InChI is InChI=1S/C12H14F3NO3S/c13-9-6-11(15)12(7-10(9)14)20(17,18)16-4-3-8-2-1-5-19-8/h6-8,16H,1-5H2/t8-/m1/s1. The minimum atomic E-state index is -4.21. The largest absolute Gasteiger partial charge is 0.378 e. The summed E-state index contributed by atoms with van der Waals surface area (Å²) >= 11 is 0. The summed E-state index contributed by atoms with van der Waals surface area (Å²) in [6.45, 7) is 0.695. The molecule has 0 bridgehead atoms. The third-order valence-corrected chi connectivity index (χ3v) is 4.52. The van der Waals surface area contributed by atoms with E-state index in [1.54, 1.807) is 0 Å². The Balaban J connectivity index is 2.04. The Labute approximate surface area is 115 Å². The van der Waals surface area contributed by atoms with E-state index in [9.17, 15) is 21.6 Å². The van der Waals surface area contributed by atoms with Gasteiger partial charge in [-0.25, -0.2) is 26.3 Å². The molecule has 1 aliphatic rings. The monoisotopic (exact) mass is 309 g/mol. The van der Waals surface area contributed by atoms with Crippen LogP contribution in [-0.2, 0) is 14.8 Å². The molecule has 1 aliphatic heterocycles. The highest BCUT2D eigenvalue weighted by molar-refractivity contribution is 7.89. The van der Waals surface area contributed by atoms with E-state index < -0.39 is 32.4 Å². The first-order valence-electron chi connectivity index (χ1n) is 6.16. The number of halogens is 3. The predicted molar refractivity (Wildman–Crippen MR) is 65.1 cm³/mol. The zero-order valence-electron chi connectivity index (χ0n) is 10.5. The van der Waals surface area contributed by atoms with Crippen molar-refractivity contribution >= 4 is 10.0 Å². The number of benzene rings is 1. The molecule has 1 heterocycles. The van der Waals surface area contributed by atoms with Gasteiger partial charge < -0.3 is 4.74 Å². The summed E-state index contributed by atoms with van der Waals surface area (Å²) in [5.74, 6) is -4.17. The van der Waals surface area contributed by atoms with Gasteiger partial charge in [0.2, 0.25) is 10.0 Å². The summed E-state index contributed by atoms with van der Waals surface area (Å²) in [7, 11) is -4.21. The van der Waals surface area contributed by atoms with Crippen molar-refractivity contribution in [2.75, 3.05) is 13.2 Å². The molecule has 20 heavy (non-hydrogen) atoms. The van der Waals surface area contributed by atoms with E-state index in [1.165, 1.54) is 0 Å². The molecule has 1 aromatic rings. The molecule has 0 spiro atoms. The van der Waals surface area contributed by atoms with Crippen molar-refractivity contribution in [1.29, 1.82) is 0 Å². The zero-order chi connectivity index (χ0) is 14.8. The molecule has 1 aromatic carbocycles. The molecule has 1 saturated heterocycles. The molecule has 0 amide bonds. The van der Waals surface area contributed by atoms with Crippen molar-refractivity contribution in [1.82, 2.24) is 4.72 Å². The van der Waals surface area contributed by atoms with Crippen LogP contribution in [0.25, 0.3) is 0 Å². The molecule has 0 aliphatic carbocycles. The number of nitrogens with one attached hydrogen (secondary N) is 1. The normalized spacial score (nSPS) is 19.4. The number of sulfonamides is 1. The van der Waals surface area contributed by atoms with Crippen LogP contribution in [0, 0.1) is 17.5 Å². The summed E-state index contributed by atoms with van der Waals surface area (Å²) in [5.41, 5.74) is 0. The molecule has 0 aromatic heterocycles. The molecule has 8 heteroatoms. The maximum absolute atomic E-state index is 13.4. The number of ether oxygens (including phenoxy) is 1.